The van der Waals surface area contributed by atoms with Crippen molar-refractivity contribution in [1.82, 2.24) is 5.32 Å². The average molecular weight is 249 g/mol. The van der Waals surface area contributed by atoms with Crippen LogP contribution in [0.1, 0.15) is 43.0 Å². The van der Waals surface area contributed by atoms with E-state index in [9.17, 15) is 15.0 Å². The zero-order chi connectivity index (χ0) is 13.1. The maximum atomic E-state index is 12.0. The van der Waals surface area contributed by atoms with Gasteiger partial charge in [0.25, 0.3) is 5.91 Å². The van der Waals surface area contributed by atoms with Crippen LogP contribution in [0.2, 0.25) is 0 Å². The van der Waals surface area contributed by atoms with Crippen LogP contribution >= 0.6 is 0 Å². The topological polar surface area (TPSA) is 69.6 Å². The fraction of sp³-hybridized carbons (Fsp3) is 0.500. The van der Waals surface area contributed by atoms with E-state index in [1.807, 2.05) is 6.92 Å². The second-order valence-electron chi connectivity index (χ2n) is 4.93. The van der Waals surface area contributed by atoms with Crippen molar-refractivity contribution in [2.24, 2.45) is 5.92 Å². The molecule has 1 aromatic rings. The van der Waals surface area contributed by atoms with E-state index in [4.69, 9.17) is 0 Å². The van der Waals surface area contributed by atoms with Crippen LogP contribution in [0, 0.1) is 5.92 Å². The summed E-state index contributed by atoms with van der Waals surface area (Å²) in [6.45, 7) is 2.04. The molecule has 0 saturated heterocycles. The molecule has 2 rings (SSSR count). The summed E-state index contributed by atoms with van der Waals surface area (Å²) in [7, 11) is 0. The lowest BCUT2D eigenvalue weighted by atomic mass is 10.1. The predicted octanol–water partition coefficient (Wildman–Crippen LogP) is 2.41. The molecule has 1 atom stereocenters. The van der Waals surface area contributed by atoms with E-state index in [0.29, 0.717) is 0 Å². The first kappa shape index (κ1) is 12.7. The van der Waals surface area contributed by atoms with Gasteiger partial charge in [-0.15, -0.1) is 0 Å². The second-order valence-corrected chi connectivity index (χ2v) is 4.93. The number of aromatic hydroxyl groups is 2. The third kappa shape index (κ3) is 2.94. The van der Waals surface area contributed by atoms with Crippen molar-refractivity contribution in [3.8, 4) is 11.5 Å². The van der Waals surface area contributed by atoms with Crippen LogP contribution in [0.15, 0.2) is 18.2 Å². The number of para-hydroxylation sites is 1. The number of nitrogens with one attached hydrogen (secondary N) is 1. The Kier molecular flexibility index (Phi) is 3.75. The molecular formula is C14H19NO3. The molecule has 0 bridgehead atoms. The molecule has 1 saturated carbocycles. The highest BCUT2D eigenvalue weighted by Crippen LogP contribution is 2.34. The molecule has 4 heteroatoms. The maximum Gasteiger partial charge on any atom is 0.255 e. The quantitative estimate of drug-likeness (QED) is 0.702. The number of amides is 1. The number of carbonyl (C=O) groups excluding carboxylic acids is 1. The van der Waals surface area contributed by atoms with Gasteiger partial charge in [0.2, 0.25) is 0 Å². The van der Waals surface area contributed by atoms with Crippen molar-refractivity contribution in [3.05, 3.63) is 23.8 Å². The van der Waals surface area contributed by atoms with Crippen molar-refractivity contribution in [3.63, 3.8) is 0 Å². The summed E-state index contributed by atoms with van der Waals surface area (Å²) in [5.41, 5.74) is 0.129. The van der Waals surface area contributed by atoms with Crippen molar-refractivity contribution >= 4 is 5.91 Å². The van der Waals surface area contributed by atoms with Gasteiger partial charge < -0.3 is 15.5 Å². The number of rotatable bonds is 5. The highest BCUT2D eigenvalue weighted by atomic mass is 16.3. The third-order valence-electron chi connectivity index (χ3n) is 3.40. The van der Waals surface area contributed by atoms with Gasteiger partial charge in [0.05, 0.1) is 5.56 Å². The Morgan fingerprint density at radius 1 is 1.44 bits per heavy atom. The lowest BCUT2D eigenvalue weighted by Gasteiger charge is -2.17. The molecule has 3 N–H and O–H groups in total. The largest absolute Gasteiger partial charge is 0.504 e. The molecule has 1 amide bonds. The van der Waals surface area contributed by atoms with Crippen molar-refractivity contribution in [2.45, 2.75) is 38.6 Å². The maximum absolute atomic E-state index is 12.0. The number of hydrogen-bond acceptors (Lipinski definition) is 3. The molecule has 0 aliphatic heterocycles. The fourth-order valence-corrected chi connectivity index (χ4v) is 2.06. The van der Waals surface area contributed by atoms with Gasteiger partial charge in [-0.25, -0.2) is 0 Å². The monoisotopic (exact) mass is 249 g/mol. The van der Waals surface area contributed by atoms with Gasteiger partial charge in [0.1, 0.15) is 0 Å². The van der Waals surface area contributed by atoms with Crippen LogP contribution < -0.4 is 5.32 Å². The van der Waals surface area contributed by atoms with Crippen LogP contribution in [0.3, 0.4) is 0 Å². The van der Waals surface area contributed by atoms with Gasteiger partial charge in [0, 0.05) is 6.04 Å². The molecule has 18 heavy (non-hydrogen) atoms. The van der Waals surface area contributed by atoms with Crippen LogP contribution in [0.4, 0.5) is 0 Å². The summed E-state index contributed by atoms with van der Waals surface area (Å²) in [6, 6.07) is 4.56. The summed E-state index contributed by atoms with van der Waals surface area (Å²) in [6.07, 6.45) is 4.39. The average Bonchev–Trinajstić information content (AvgIpc) is 3.15. The number of hydrogen-bond donors (Lipinski definition) is 3. The lowest BCUT2D eigenvalue weighted by Crippen LogP contribution is -2.34. The van der Waals surface area contributed by atoms with E-state index in [1.165, 1.54) is 25.0 Å². The van der Waals surface area contributed by atoms with Crippen LogP contribution in [-0.2, 0) is 0 Å². The molecule has 98 valence electrons. The molecule has 1 aromatic carbocycles. The second kappa shape index (κ2) is 5.29. The predicted molar refractivity (Wildman–Crippen MR) is 68.7 cm³/mol. The Balaban J connectivity index is 2.03. The Morgan fingerprint density at radius 2 is 2.17 bits per heavy atom. The first-order valence-corrected chi connectivity index (χ1v) is 6.43. The van der Waals surface area contributed by atoms with E-state index in [0.717, 1.165) is 18.8 Å². The van der Waals surface area contributed by atoms with Gasteiger partial charge in [-0.1, -0.05) is 25.8 Å². The molecule has 1 aliphatic carbocycles. The number of phenolic OH excluding ortho intramolecular Hbond substituents is 2. The van der Waals surface area contributed by atoms with E-state index in [2.05, 4.69) is 5.32 Å². The molecule has 0 spiro atoms. The van der Waals surface area contributed by atoms with Crippen LogP contribution in [0.5, 0.6) is 11.5 Å². The van der Waals surface area contributed by atoms with Crippen LogP contribution in [-0.4, -0.2) is 22.2 Å². The van der Waals surface area contributed by atoms with E-state index in [-0.39, 0.29) is 29.0 Å². The van der Waals surface area contributed by atoms with Gasteiger partial charge in [-0.2, -0.15) is 0 Å². The molecule has 1 aliphatic rings. The number of benzene rings is 1. The smallest absolute Gasteiger partial charge is 0.255 e. The van der Waals surface area contributed by atoms with E-state index >= 15 is 0 Å². The zero-order valence-corrected chi connectivity index (χ0v) is 10.5. The minimum absolute atomic E-state index is 0.129. The minimum Gasteiger partial charge on any atom is -0.504 e. The molecule has 0 heterocycles. The summed E-state index contributed by atoms with van der Waals surface area (Å²) >= 11 is 0. The number of carbonyl (C=O) groups is 1. The summed E-state index contributed by atoms with van der Waals surface area (Å²) in [5.74, 6) is -0.196. The first-order chi connectivity index (χ1) is 8.61. The van der Waals surface area contributed by atoms with Gasteiger partial charge in [-0.05, 0) is 30.9 Å². The zero-order valence-electron chi connectivity index (χ0n) is 10.5. The normalized spacial score (nSPS) is 16.3. The Morgan fingerprint density at radius 3 is 2.78 bits per heavy atom. The summed E-state index contributed by atoms with van der Waals surface area (Å²) in [5, 5.41) is 21.9. The first-order valence-electron chi connectivity index (χ1n) is 6.43. The van der Waals surface area contributed by atoms with Crippen LogP contribution in [0.25, 0.3) is 0 Å². The molecular weight excluding hydrogens is 230 g/mol. The van der Waals surface area contributed by atoms with Gasteiger partial charge in [0.15, 0.2) is 11.5 Å². The van der Waals surface area contributed by atoms with Crippen molar-refractivity contribution in [1.29, 1.82) is 0 Å². The molecule has 4 nitrogen and oxygen atoms in total. The Bertz CT molecular complexity index is 441. The molecule has 0 aromatic heterocycles. The Labute approximate surface area is 107 Å². The number of phenols is 2. The van der Waals surface area contributed by atoms with Crippen molar-refractivity contribution < 1.29 is 15.0 Å². The lowest BCUT2D eigenvalue weighted by molar-refractivity contribution is 0.0929. The molecule has 0 radical (unpaired) electrons. The summed E-state index contributed by atoms with van der Waals surface area (Å²) < 4.78 is 0. The SMILES string of the molecule is CCC(CC1CC1)NC(=O)c1cccc(O)c1O. The highest BCUT2D eigenvalue weighted by molar-refractivity contribution is 5.97. The highest BCUT2D eigenvalue weighted by Gasteiger charge is 2.26. The summed E-state index contributed by atoms with van der Waals surface area (Å²) in [4.78, 5) is 12.0. The van der Waals surface area contributed by atoms with Gasteiger partial charge >= 0.3 is 0 Å². The van der Waals surface area contributed by atoms with Crippen molar-refractivity contribution in [2.75, 3.05) is 0 Å². The Hall–Kier alpha value is -1.71. The van der Waals surface area contributed by atoms with Gasteiger partial charge in [-0.3, -0.25) is 4.79 Å². The third-order valence-corrected chi connectivity index (χ3v) is 3.40. The van der Waals surface area contributed by atoms with E-state index in [1.54, 1.807) is 6.07 Å². The van der Waals surface area contributed by atoms with E-state index < -0.39 is 0 Å². The molecule has 1 fully saturated rings. The fourth-order valence-electron chi connectivity index (χ4n) is 2.06. The molecule has 1 unspecified atom stereocenters. The minimum atomic E-state index is -0.351. The standard InChI is InChI=1S/C14H19NO3/c1-2-10(8-9-6-7-9)15-14(18)11-4-3-5-12(16)13(11)17/h3-5,9-10,16-17H,2,6-8H2,1H3,(H,15,18).